The minimum atomic E-state index is -2.01. The summed E-state index contributed by atoms with van der Waals surface area (Å²) in [5.41, 5.74) is 0. The molecule has 4 atom stereocenters. The van der Waals surface area contributed by atoms with E-state index in [0.29, 0.717) is 0 Å². The third-order valence-corrected chi connectivity index (χ3v) is 1.61. The number of aliphatic hydroxyl groups excluding tert-OH is 4. The Bertz CT molecular complexity index is 204. The van der Waals surface area contributed by atoms with Gasteiger partial charge in [0.1, 0.15) is 18.3 Å². The average molecular weight is 208 g/mol. The highest BCUT2D eigenvalue weighted by molar-refractivity contribution is 5.75. The number of aliphatic hydroxyl groups is 4. The maximum absolute atomic E-state index is 10.7. The Balaban J connectivity index is 4.37. The fourth-order valence-corrected chi connectivity index (χ4v) is 0.729. The molecule has 0 aromatic heterocycles. The molecule has 0 saturated heterocycles. The van der Waals surface area contributed by atoms with Gasteiger partial charge in [0.25, 0.3) is 0 Å². The molecule has 0 fully saturated rings. The molecule has 0 rings (SSSR count). The number of carbonyl (C=O) groups is 2. The predicted octanol–water partition coefficient (Wildman–Crippen LogP) is -3.20. The van der Waals surface area contributed by atoms with Crippen molar-refractivity contribution in [1.29, 1.82) is 0 Å². The Morgan fingerprint density at radius 2 is 1.71 bits per heavy atom. The third-order valence-electron chi connectivity index (χ3n) is 1.61. The molecule has 0 aromatic carbocycles. The molecule has 0 aliphatic rings. The van der Waals surface area contributed by atoms with Crippen LogP contribution in [0.25, 0.3) is 0 Å². The van der Waals surface area contributed by atoms with Crippen LogP contribution in [0.4, 0.5) is 0 Å². The second kappa shape index (κ2) is 5.66. The standard InChI is InChI=1S/C7H12O7/c1-14-7(13)6(12)5(11)4(10)3(9)2-8/h2-6,9-12H,1H3/t3-,4+,5+,6+/m1/s1. The monoisotopic (exact) mass is 208 g/mol. The van der Waals surface area contributed by atoms with E-state index in [0.717, 1.165) is 7.11 Å². The Kier molecular flexibility index (Phi) is 5.24. The number of hydrogen-bond donors (Lipinski definition) is 4. The van der Waals surface area contributed by atoms with E-state index in [-0.39, 0.29) is 6.29 Å². The van der Waals surface area contributed by atoms with E-state index in [1.807, 2.05) is 0 Å². The van der Waals surface area contributed by atoms with E-state index in [4.69, 9.17) is 20.4 Å². The van der Waals surface area contributed by atoms with Crippen LogP contribution in [0.1, 0.15) is 0 Å². The second-order valence-electron chi connectivity index (χ2n) is 2.58. The Morgan fingerprint density at radius 1 is 1.21 bits per heavy atom. The summed E-state index contributed by atoms with van der Waals surface area (Å²) in [6.07, 6.45) is -7.84. The van der Waals surface area contributed by atoms with Crippen LogP contribution in [0.2, 0.25) is 0 Å². The van der Waals surface area contributed by atoms with Gasteiger partial charge in [0.05, 0.1) is 7.11 Å². The largest absolute Gasteiger partial charge is 0.467 e. The fourth-order valence-electron chi connectivity index (χ4n) is 0.729. The highest BCUT2D eigenvalue weighted by atomic mass is 16.5. The minimum absolute atomic E-state index is 0.0299. The summed E-state index contributed by atoms with van der Waals surface area (Å²) < 4.78 is 4.07. The van der Waals surface area contributed by atoms with Gasteiger partial charge in [-0.1, -0.05) is 0 Å². The van der Waals surface area contributed by atoms with E-state index in [9.17, 15) is 9.59 Å². The molecule has 0 spiro atoms. The molecular formula is C7H12O7. The van der Waals surface area contributed by atoms with Gasteiger partial charge in [-0.15, -0.1) is 0 Å². The molecule has 4 N–H and O–H groups in total. The lowest BCUT2D eigenvalue weighted by atomic mass is 10.0. The highest BCUT2D eigenvalue weighted by Gasteiger charge is 2.34. The normalized spacial score (nSPS) is 19.2. The zero-order chi connectivity index (χ0) is 11.3. The Hall–Kier alpha value is -1.02. The first-order valence-electron chi connectivity index (χ1n) is 3.71. The smallest absolute Gasteiger partial charge is 0.337 e. The van der Waals surface area contributed by atoms with E-state index in [1.165, 1.54) is 0 Å². The van der Waals surface area contributed by atoms with Crippen LogP contribution in [0, 0.1) is 0 Å². The highest BCUT2D eigenvalue weighted by Crippen LogP contribution is 2.05. The van der Waals surface area contributed by atoms with Gasteiger partial charge in [-0.05, 0) is 0 Å². The molecular weight excluding hydrogens is 196 g/mol. The fraction of sp³-hybridized carbons (Fsp3) is 0.714. The Labute approximate surface area is 79.5 Å². The summed E-state index contributed by atoms with van der Waals surface area (Å²) in [4.78, 5) is 20.6. The van der Waals surface area contributed by atoms with Crippen molar-refractivity contribution < 1.29 is 34.8 Å². The predicted molar refractivity (Wildman–Crippen MR) is 42.1 cm³/mol. The molecule has 7 heteroatoms. The van der Waals surface area contributed by atoms with Crippen molar-refractivity contribution >= 4 is 12.3 Å². The Morgan fingerprint density at radius 3 is 2.07 bits per heavy atom. The van der Waals surface area contributed by atoms with Crippen LogP contribution >= 0.6 is 0 Å². The molecule has 0 saturated carbocycles. The van der Waals surface area contributed by atoms with Gasteiger partial charge in [-0.2, -0.15) is 0 Å². The zero-order valence-corrected chi connectivity index (χ0v) is 7.40. The summed E-state index contributed by atoms with van der Waals surface area (Å²) >= 11 is 0. The topological polar surface area (TPSA) is 124 Å². The number of hydrogen-bond acceptors (Lipinski definition) is 7. The average Bonchev–Trinajstić information content (AvgIpc) is 2.23. The van der Waals surface area contributed by atoms with Gasteiger partial charge in [-0.3, -0.25) is 0 Å². The zero-order valence-electron chi connectivity index (χ0n) is 7.40. The first-order chi connectivity index (χ1) is 6.45. The maximum atomic E-state index is 10.7. The number of esters is 1. The van der Waals surface area contributed by atoms with Crippen molar-refractivity contribution in [3.63, 3.8) is 0 Å². The molecule has 0 heterocycles. The van der Waals surface area contributed by atoms with Crippen LogP contribution in [0.15, 0.2) is 0 Å². The van der Waals surface area contributed by atoms with Gasteiger partial charge in [-0.25, -0.2) is 4.79 Å². The van der Waals surface area contributed by atoms with Crippen LogP contribution < -0.4 is 0 Å². The van der Waals surface area contributed by atoms with Crippen molar-refractivity contribution in [2.75, 3.05) is 7.11 Å². The van der Waals surface area contributed by atoms with Crippen molar-refractivity contribution in [2.24, 2.45) is 0 Å². The summed E-state index contributed by atoms with van der Waals surface area (Å²) in [7, 11) is 0.973. The summed E-state index contributed by atoms with van der Waals surface area (Å²) in [5.74, 6) is -1.17. The molecule has 0 aromatic rings. The summed E-state index contributed by atoms with van der Waals surface area (Å²) in [5, 5.41) is 35.8. The van der Waals surface area contributed by atoms with Gasteiger partial charge in [0.2, 0.25) is 0 Å². The van der Waals surface area contributed by atoms with Crippen molar-refractivity contribution in [3.05, 3.63) is 0 Å². The molecule has 0 radical (unpaired) electrons. The lowest BCUT2D eigenvalue weighted by Gasteiger charge is -2.22. The number of rotatable bonds is 5. The minimum Gasteiger partial charge on any atom is -0.467 e. The molecule has 0 unspecified atom stereocenters. The van der Waals surface area contributed by atoms with Crippen LogP contribution in [0.5, 0.6) is 0 Å². The summed E-state index contributed by atoms with van der Waals surface area (Å²) in [6.45, 7) is 0. The van der Waals surface area contributed by atoms with Crippen molar-refractivity contribution in [2.45, 2.75) is 24.4 Å². The molecule has 0 amide bonds. The maximum Gasteiger partial charge on any atom is 0.337 e. The third kappa shape index (κ3) is 3.04. The van der Waals surface area contributed by atoms with E-state index in [1.54, 1.807) is 0 Å². The van der Waals surface area contributed by atoms with E-state index >= 15 is 0 Å². The van der Waals surface area contributed by atoms with Crippen molar-refractivity contribution in [3.8, 4) is 0 Å². The first kappa shape index (κ1) is 13.0. The van der Waals surface area contributed by atoms with Gasteiger partial charge in [0, 0.05) is 0 Å². The number of ether oxygens (including phenoxy) is 1. The summed E-state index contributed by atoms with van der Waals surface area (Å²) in [6, 6.07) is 0. The molecule has 82 valence electrons. The van der Waals surface area contributed by atoms with Crippen molar-refractivity contribution in [1.82, 2.24) is 0 Å². The van der Waals surface area contributed by atoms with Crippen LogP contribution in [-0.4, -0.2) is 64.2 Å². The van der Waals surface area contributed by atoms with Gasteiger partial charge < -0.3 is 30.0 Å². The van der Waals surface area contributed by atoms with E-state index in [2.05, 4.69) is 4.74 Å². The second-order valence-corrected chi connectivity index (χ2v) is 2.58. The van der Waals surface area contributed by atoms with Gasteiger partial charge in [0.15, 0.2) is 12.4 Å². The van der Waals surface area contributed by atoms with Gasteiger partial charge >= 0.3 is 5.97 Å². The number of methoxy groups -OCH3 is 1. The quantitative estimate of drug-likeness (QED) is 0.277. The molecule has 0 bridgehead atoms. The van der Waals surface area contributed by atoms with E-state index < -0.39 is 30.4 Å². The van der Waals surface area contributed by atoms with Crippen LogP contribution in [0.3, 0.4) is 0 Å². The molecule has 0 aliphatic carbocycles. The SMILES string of the molecule is COC(=O)[C@@H](O)[C@@H](O)[C@@H](O)[C@H](O)C=O. The lowest BCUT2D eigenvalue weighted by molar-refractivity contribution is -0.166. The number of aldehydes is 1. The lowest BCUT2D eigenvalue weighted by Crippen LogP contribution is -2.48. The molecule has 14 heavy (non-hydrogen) atoms. The molecule has 0 aliphatic heterocycles. The molecule has 7 nitrogen and oxygen atoms in total. The van der Waals surface area contributed by atoms with Crippen LogP contribution in [-0.2, 0) is 14.3 Å². The first-order valence-corrected chi connectivity index (χ1v) is 3.71. The number of carbonyl (C=O) groups excluding carboxylic acids is 2.